The first-order chi connectivity index (χ1) is 35.2. The van der Waals surface area contributed by atoms with Crippen LogP contribution in [0.1, 0.15) is 87.3 Å². The van der Waals surface area contributed by atoms with Crippen molar-refractivity contribution in [2.24, 2.45) is 0 Å². The van der Waals surface area contributed by atoms with Crippen LogP contribution >= 0.6 is 11.6 Å². The lowest BCUT2D eigenvalue weighted by atomic mass is 10.0. The van der Waals surface area contributed by atoms with E-state index in [1.54, 1.807) is 82.4 Å². The number of sulfonamides is 2. The number of nitrogens with zero attached hydrogens (tertiary/aromatic N) is 8. The Hall–Kier alpha value is -5.55. The summed E-state index contributed by atoms with van der Waals surface area (Å²) in [6.07, 6.45) is 7.19. The van der Waals surface area contributed by atoms with E-state index in [1.165, 1.54) is 38.8 Å². The fourth-order valence-corrected chi connectivity index (χ4v) is 12.2. The fraction of sp³-hybridized carbons (Fsp3) is 0.509. The second-order valence-corrected chi connectivity index (χ2v) is 23.8. The maximum Gasteiger partial charge on any atom is 0.272 e. The van der Waals surface area contributed by atoms with Crippen molar-refractivity contribution in [3.8, 4) is 11.5 Å². The second-order valence-electron chi connectivity index (χ2n) is 19.4. The lowest BCUT2D eigenvalue weighted by Gasteiger charge is -2.35. The van der Waals surface area contributed by atoms with Crippen LogP contribution in [0.25, 0.3) is 0 Å². The number of benzene rings is 2. The number of hydrogen-bond acceptors (Lipinski definition) is 15. The molecule has 2 aromatic heterocycles. The average Bonchev–Trinajstić information content (AvgIpc) is 3.36. The number of pyridine rings is 2. The van der Waals surface area contributed by atoms with Crippen LogP contribution in [0.3, 0.4) is 0 Å². The number of carbonyl (C=O) groups excluding carboxylic acids is 4. The topological polar surface area (TPSA) is 226 Å². The van der Waals surface area contributed by atoms with Crippen LogP contribution in [0.15, 0.2) is 70.7 Å². The summed E-state index contributed by atoms with van der Waals surface area (Å²) >= 11 is 5.24. The zero-order valence-corrected chi connectivity index (χ0v) is 47.9. The van der Waals surface area contributed by atoms with Crippen LogP contribution in [-0.2, 0) is 36.1 Å². The molecule has 75 heavy (non-hydrogen) atoms. The average molecular weight is 1100 g/mol. The van der Waals surface area contributed by atoms with Crippen LogP contribution in [0.4, 0.5) is 5.69 Å². The Morgan fingerprint density at radius 3 is 1.31 bits per heavy atom. The van der Waals surface area contributed by atoms with Crippen molar-refractivity contribution in [2.45, 2.75) is 94.5 Å². The molecule has 19 nitrogen and oxygen atoms in total. The van der Waals surface area contributed by atoms with Crippen LogP contribution in [0.2, 0.25) is 0 Å². The highest BCUT2D eigenvalue weighted by Gasteiger charge is 2.29. The number of piperidine rings is 2. The number of hydrogen-bond donors (Lipinski definition) is 1. The molecule has 4 heterocycles. The van der Waals surface area contributed by atoms with E-state index in [9.17, 15) is 36.0 Å². The van der Waals surface area contributed by atoms with Gasteiger partial charge in [-0.05, 0) is 163 Å². The Balaban J connectivity index is 0.000000269. The highest BCUT2D eigenvalue weighted by atomic mass is 35.5. The number of Topliss-reactive ketones (excluding diaryl/α,β-unsaturated/α-hetero) is 1. The lowest BCUT2D eigenvalue weighted by Crippen LogP contribution is -2.44. The standard InChI is InChI=1S/C27H38N4O5S.C13H18ClNO4S.C13H20N4O/c1-19-15-24(36-6)16-20(2)26(19)37(34,35)30(5)12-11-23(32)17-21-7-8-25(28-18-21)27(33)31-13-9-22(10-14-31)29(3)4;1-9-7-11(19-4)8-10(2)13(9)20(17,18)15(3)6-5-12(14)16;1-16(2)11-5-7-17(8-6-11)13(18)12-4-3-10(14)9-15-12/h7-8,15-16,18,22H,9-14,17H2,1-6H3;7-8H,5-6H2,1-4H3;3-4,9,11H,5-8,14H2,1-2H3. The van der Waals surface area contributed by atoms with Crippen molar-refractivity contribution in [1.29, 1.82) is 0 Å². The molecule has 4 aromatic rings. The zero-order valence-electron chi connectivity index (χ0n) is 45.6. The number of methoxy groups -OCH3 is 2. The third-order valence-electron chi connectivity index (χ3n) is 13.4. The smallest absolute Gasteiger partial charge is 0.272 e. The number of ether oxygens (including phenoxy) is 2. The first-order valence-electron chi connectivity index (χ1n) is 24.7. The normalized spacial score (nSPS) is 14.6. The molecule has 2 aromatic carbocycles. The van der Waals surface area contributed by atoms with E-state index in [1.807, 2.05) is 9.80 Å². The summed E-state index contributed by atoms with van der Waals surface area (Å²) < 4.78 is 64.0. The van der Waals surface area contributed by atoms with Crippen molar-refractivity contribution in [1.82, 2.24) is 38.2 Å². The Bertz CT molecular complexity index is 2770. The highest BCUT2D eigenvalue weighted by molar-refractivity contribution is 7.89. The Labute approximate surface area is 449 Å². The van der Waals surface area contributed by atoms with E-state index in [-0.39, 0.29) is 59.7 Å². The van der Waals surface area contributed by atoms with Gasteiger partial charge >= 0.3 is 0 Å². The Kier molecular flexibility index (Phi) is 23.1. The van der Waals surface area contributed by atoms with Crippen molar-refractivity contribution in [3.63, 3.8) is 0 Å². The lowest BCUT2D eigenvalue weighted by molar-refractivity contribution is -0.118. The monoisotopic (exact) mass is 1100 g/mol. The van der Waals surface area contributed by atoms with Gasteiger partial charge in [-0.3, -0.25) is 24.2 Å². The molecule has 0 unspecified atom stereocenters. The Morgan fingerprint density at radius 1 is 0.613 bits per heavy atom. The van der Waals surface area contributed by atoms with Gasteiger partial charge in [0.15, 0.2) is 0 Å². The molecule has 0 atom stereocenters. The van der Waals surface area contributed by atoms with Crippen LogP contribution < -0.4 is 15.2 Å². The quantitative estimate of drug-likeness (QED) is 0.120. The molecule has 412 valence electrons. The molecule has 6 rings (SSSR count). The van der Waals surface area contributed by atoms with Crippen LogP contribution in [0, 0.1) is 27.7 Å². The van der Waals surface area contributed by atoms with E-state index in [2.05, 4.69) is 48.0 Å². The molecule has 2 N–H and O–H groups in total. The number of aromatic nitrogens is 2. The summed E-state index contributed by atoms with van der Waals surface area (Å²) in [5.41, 5.74) is 10.1. The number of nitrogens with two attached hydrogens (primary N) is 1. The van der Waals surface area contributed by atoms with Crippen LogP contribution in [-0.4, -0.2) is 186 Å². The minimum absolute atomic E-state index is 0.00667. The summed E-state index contributed by atoms with van der Waals surface area (Å²) in [6, 6.07) is 14.6. The van der Waals surface area contributed by atoms with Crippen molar-refractivity contribution in [2.75, 3.05) is 102 Å². The molecule has 2 fully saturated rings. The van der Waals surface area contributed by atoms with Crippen molar-refractivity contribution >= 4 is 60.2 Å². The number of aryl methyl sites for hydroxylation is 4. The van der Waals surface area contributed by atoms with E-state index in [4.69, 9.17) is 26.8 Å². The number of ketones is 1. The number of amides is 2. The third-order valence-corrected chi connectivity index (χ3v) is 17.9. The van der Waals surface area contributed by atoms with Gasteiger partial charge in [-0.2, -0.15) is 0 Å². The first-order valence-corrected chi connectivity index (χ1v) is 28.0. The summed E-state index contributed by atoms with van der Waals surface area (Å²) in [5.74, 6) is 1.02. The zero-order chi connectivity index (χ0) is 55.9. The molecule has 0 bridgehead atoms. The second kappa shape index (κ2) is 28.0. The minimum Gasteiger partial charge on any atom is -0.497 e. The van der Waals surface area contributed by atoms with Gasteiger partial charge in [-0.1, -0.05) is 6.07 Å². The van der Waals surface area contributed by atoms with Gasteiger partial charge in [0.2, 0.25) is 25.3 Å². The van der Waals surface area contributed by atoms with Gasteiger partial charge in [0.1, 0.15) is 28.7 Å². The third kappa shape index (κ3) is 17.2. The maximum absolute atomic E-state index is 13.2. The summed E-state index contributed by atoms with van der Waals surface area (Å²) in [4.78, 5) is 65.3. The predicted octanol–water partition coefficient (Wildman–Crippen LogP) is 5.61. The molecule has 0 aliphatic carbocycles. The van der Waals surface area contributed by atoms with Crippen molar-refractivity contribution in [3.05, 3.63) is 100 Å². The van der Waals surface area contributed by atoms with Gasteiger partial charge in [0, 0.05) is 90.9 Å². The maximum atomic E-state index is 13.2. The number of likely N-dealkylation sites (tertiary alicyclic amines) is 2. The largest absolute Gasteiger partial charge is 0.497 e. The summed E-state index contributed by atoms with van der Waals surface area (Å²) in [7, 11) is 6.85. The van der Waals surface area contributed by atoms with Crippen LogP contribution in [0.5, 0.6) is 11.5 Å². The molecular weight excluding hydrogens is 1020 g/mol. The van der Waals surface area contributed by atoms with Crippen molar-refractivity contribution < 1.29 is 45.5 Å². The molecule has 0 radical (unpaired) electrons. The predicted molar refractivity (Wildman–Crippen MR) is 291 cm³/mol. The molecule has 2 saturated heterocycles. The number of nitrogen functional groups attached to an aromatic ring is 1. The molecule has 2 aliphatic rings. The number of rotatable bonds is 18. The summed E-state index contributed by atoms with van der Waals surface area (Å²) in [5, 5.41) is -0.560. The number of carbonyl (C=O) groups is 4. The first kappa shape index (κ1) is 62.0. The molecule has 22 heteroatoms. The minimum atomic E-state index is -3.76. The fourth-order valence-electron chi connectivity index (χ4n) is 8.95. The molecule has 0 spiro atoms. The SMILES string of the molecule is CN(C)C1CCN(C(=O)c2ccc(N)cn2)CC1.COc1cc(C)c(S(=O)(=O)N(C)CCC(=O)Cc2ccc(C(=O)N3CCC(N(C)C)CC3)nc2)c(C)c1.COc1cc(C)c(S(=O)(=O)N(C)CCC(=O)Cl)c(C)c1. The van der Waals surface area contributed by atoms with Gasteiger partial charge in [-0.25, -0.2) is 30.4 Å². The van der Waals surface area contributed by atoms with E-state index in [0.29, 0.717) is 81.6 Å². The Morgan fingerprint density at radius 2 is 0.987 bits per heavy atom. The molecular formula is C53H76ClN9O10S2. The molecule has 2 aliphatic heterocycles. The van der Waals surface area contributed by atoms with Gasteiger partial charge in [0.25, 0.3) is 11.8 Å². The van der Waals surface area contributed by atoms with E-state index >= 15 is 0 Å². The van der Waals surface area contributed by atoms with Gasteiger partial charge < -0.3 is 34.8 Å². The number of halogens is 1. The molecule has 0 saturated carbocycles. The van der Waals surface area contributed by atoms with Gasteiger partial charge in [-0.15, -0.1) is 0 Å². The van der Waals surface area contributed by atoms with E-state index in [0.717, 1.165) is 43.1 Å². The van der Waals surface area contributed by atoms with Gasteiger partial charge in [0.05, 0.1) is 35.9 Å². The summed E-state index contributed by atoms with van der Waals surface area (Å²) in [6.45, 7) is 10.0. The van der Waals surface area contributed by atoms with E-state index < -0.39 is 25.3 Å². The number of anilines is 1. The molecule has 2 amide bonds. The highest BCUT2D eigenvalue weighted by Crippen LogP contribution is 2.29.